The lowest BCUT2D eigenvalue weighted by atomic mass is 9.99. The molecule has 28 heavy (non-hydrogen) atoms. The van der Waals surface area contributed by atoms with Gasteiger partial charge >= 0.3 is 0 Å². The number of nitrogens with one attached hydrogen (secondary N) is 1. The summed E-state index contributed by atoms with van der Waals surface area (Å²) in [6.45, 7) is 3.69. The number of nitrogens with two attached hydrogens (primary N) is 1. The van der Waals surface area contributed by atoms with Crippen molar-refractivity contribution in [2.45, 2.75) is 51.1 Å². The van der Waals surface area contributed by atoms with Gasteiger partial charge in [-0.2, -0.15) is 4.98 Å². The Morgan fingerprint density at radius 3 is 2.68 bits per heavy atom. The predicted molar refractivity (Wildman–Crippen MR) is 107 cm³/mol. The van der Waals surface area contributed by atoms with Crippen LogP contribution in [-0.4, -0.2) is 35.8 Å². The fraction of sp³-hybridized carbons (Fsp3) is 0.526. The molecule has 0 bridgehead atoms. The Hall–Kier alpha value is -2.32. The van der Waals surface area contributed by atoms with Crippen molar-refractivity contribution in [3.05, 3.63) is 24.0 Å². The number of rotatable bonds is 7. The summed E-state index contributed by atoms with van der Waals surface area (Å²) >= 11 is 0. The highest BCUT2D eigenvalue weighted by molar-refractivity contribution is 5.85. The number of aromatic nitrogens is 2. The van der Waals surface area contributed by atoms with Crippen LogP contribution in [0.15, 0.2) is 22.7 Å². The average molecular weight is 411 g/mol. The van der Waals surface area contributed by atoms with E-state index < -0.39 is 5.54 Å². The smallest absolute Gasteiger partial charge is 0.258 e. The molecule has 1 aliphatic carbocycles. The summed E-state index contributed by atoms with van der Waals surface area (Å²) < 4.78 is 16.3. The third-order valence-electron chi connectivity index (χ3n) is 4.59. The Morgan fingerprint density at radius 1 is 1.32 bits per heavy atom. The van der Waals surface area contributed by atoms with Crippen LogP contribution in [0.25, 0.3) is 11.5 Å². The molecule has 1 aromatic heterocycles. The van der Waals surface area contributed by atoms with Crippen molar-refractivity contribution in [3.63, 3.8) is 0 Å². The van der Waals surface area contributed by atoms with Crippen molar-refractivity contribution < 1.29 is 18.8 Å². The number of benzene rings is 1. The second-order valence-electron chi connectivity index (χ2n) is 7.16. The quantitative estimate of drug-likeness (QED) is 0.721. The van der Waals surface area contributed by atoms with E-state index in [1.807, 2.05) is 13.8 Å². The van der Waals surface area contributed by atoms with Crippen molar-refractivity contribution in [1.82, 2.24) is 15.5 Å². The summed E-state index contributed by atoms with van der Waals surface area (Å²) in [5.74, 6) is 1.67. The zero-order valence-electron chi connectivity index (χ0n) is 16.4. The monoisotopic (exact) mass is 410 g/mol. The van der Waals surface area contributed by atoms with Gasteiger partial charge in [0.2, 0.25) is 0 Å². The van der Waals surface area contributed by atoms with Crippen LogP contribution >= 0.6 is 12.4 Å². The summed E-state index contributed by atoms with van der Waals surface area (Å²) in [6, 6.07) is 5.30. The Morgan fingerprint density at radius 2 is 2.04 bits per heavy atom. The number of methoxy groups -OCH3 is 1. The molecular formula is C19H27ClN4O4. The highest BCUT2D eigenvalue weighted by Crippen LogP contribution is 2.36. The van der Waals surface area contributed by atoms with Gasteiger partial charge in [-0.1, -0.05) is 18.0 Å². The molecular weight excluding hydrogens is 384 g/mol. The van der Waals surface area contributed by atoms with Crippen LogP contribution in [0.5, 0.6) is 11.5 Å². The molecule has 8 nitrogen and oxygen atoms in total. The van der Waals surface area contributed by atoms with E-state index >= 15 is 0 Å². The zero-order chi connectivity index (χ0) is 19.4. The van der Waals surface area contributed by atoms with Crippen LogP contribution in [-0.2, 0) is 10.3 Å². The molecule has 154 valence electrons. The SMILES string of the molecule is COc1cc(-c2nc(C3(N)CCCC3)no2)ccc1OCC(=O)NC(C)C.Cl. The highest BCUT2D eigenvalue weighted by atomic mass is 35.5. The average Bonchev–Trinajstić information content (AvgIpc) is 3.29. The van der Waals surface area contributed by atoms with Crippen LogP contribution in [0, 0.1) is 0 Å². The fourth-order valence-electron chi connectivity index (χ4n) is 3.20. The number of ether oxygens (including phenoxy) is 2. The topological polar surface area (TPSA) is 112 Å². The first-order valence-electron chi connectivity index (χ1n) is 9.15. The second-order valence-corrected chi connectivity index (χ2v) is 7.16. The molecule has 0 unspecified atom stereocenters. The summed E-state index contributed by atoms with van der Waals surface area (Å²) in [4.78, 5) is 16.2. The minimum absolute atomic E-state index is 0. The molecule has 3 N–H and O–H groups in total. The summed E-state index contributed by atoms with van der Waals surface area (Å²) in [7, 11) is 1.53. The number of hydrogen-bond acceptors (Lipinski definition) is 7. The maximum Gasteiger partial charge on any atom is 0.258 e. The molecule has 1 saturated carbocycles. The van der Waals surface area contributed by atoms with Crippen molar-refractivity contribution in [2.75, 3.05) is 13.7 Å². The van der Waals surface area contributed by atoms with Crippen molar-refractivity contribution >= 4 is 18.3 Å². The van der Waals surface area contributed by atoms with Crippen LogP contribution in [0.3, 0.4) is 0 Å². The van der Waals surface area contributed by atoms with Crippen molar-refractivity contribution in [2.24, 2.45) is 5.73 Å². The molecule has 0 spiro atoms. The first kappa shape index (κ1) is 22.0. The molecule has 9 heteroatoms. The Kier molecular flexibility index (Phi) is 7.26. The van der Waals surface area contributed by atoms with E-state index in [9.17, 15) is 4.79 Å². The molecule has 0 atom stereocenters. The van der Waals surface area contributed by atoms with Gasteiger partial charge in [0.25, 0.3) is 11.8 Å². The van der Waals surface area contributed by atoms with Crippen LogP contribution in [0.2, 0.25) is 0 Å². The third-order valence-corrected chi connectivity index (χ3v) is 4.59. The number of nitrogens with zero attached hydrogens (tertiary/aromatic N) is 2. The summed E-state index contributed by atoms with van der Waals surface area (Å²) in [5, 5.41) is 6.85. The van der Waals surface area contributed by atoms with E-state index in [0.29, 0.717) is 28.8 Å². The minimum Gasteiger partial charge on any atom is -0.493 e. The molecule has 1 aliphatic rings. The third kappa shape index (κ3) is 4.94. The number of carbonyl (C=O) groups excluding carboxylic acids is 1. The Bertz CT molecular complexity index is 803. The maximum absolute atomic E-state index is 11.8. The molecule has 1 heterocycles. The Balaban J connectivity index is 0.00000280. The molecule has 1 aromatic carbocycles. The van der Waals surface area contributed by atoms with Gasteiger partial charge in [0.05, 0.1) is 12.6 Å². The first-order valence-corrected chi connectivity index (χ1v) is 9.15. The number of carbonyl (C=O) groups is 1. The van der Waals surface area contributed by atoms with Gasteiger partial charge in [0.15, 0.2) is 23.9 Å². The zero-order valence-corrected chi connectivity index (χ0v) is 17.2. The van der Waals surface area contributed by atoms with E-state index in [1.54, 1.807) is 18.2 Å². The lowest BCUT2D eigenvalue weighted by Crippen LogP contribution is -2.34. The van der Waals surface area contributed by atoms with Crippen LogP contribution in [0.1, 0.15) is 45.4 Å². The second kappa shape index (κ2) is 9.25. The van der Waals surface area contributed by atoms with Crippen molar-refractivity contribution in [3.8, 4) is 23.0 Å². The molecule has 0 saturated heterocycles. The van der Waals surface area contributed by atoms with E-state index in [4.69, 9.17) is 19.7 Å². The van der Waals surface area contributed by atoms with Crippen LogP contribution in [0.4, 0.5) is 0 Å². The largest absolute Gasteiger partial charge is 0.493 e. The van der Waals surface area contributed by atoms with E-state index in [1.165, 1.54) is 7.11 Å². The normalized spacial score (nSPS) is 15.2. The van der Waals surface area contributed by atoms with Gasteiger partial charge in [-0.25, -0.2) is 0 Å². The lowest BCUT2D eigenvalue weighted by molar-refractivity contribution is -0.123. The van der Waals surface area contributed by atoms with Gasteiger partial charge in [-0.3, -0.25) is 4.79 Å². The number of amides is 1. The maximum atomic E-state index is 11.8. The molecule has 1 fully saturated rings. The summed E-state index contributed by atoms with van der Waals surface area (Å²) in [6.07, 6.45) is 3.87. The predicted octanol–water partition coefficient (Wildman–Crippen LogP) is 2.80. The van der Waals surface area contributed by atoms with Crippen molar-refractivity contribution in [1.29, 1.82) is 0 Å². The van der Waals surface area contributed by atoms with Gasteiger partial charge in [-0.05, 0) is 44.9 Å². The van der Waals surface area contributed by atoms with Crippen LogP contribution < -0.4 is 20.5 Å². The minimum atomic E-state index is -0.501. The molecule has 3 rings (SSSR count). The van der Waals surface area contributed by atoms with Gasteiger partial charge in [0, 0.05) is 11.6 Å². The first-order chi connectivity index (χ1) is 12.9. The molecule has 0 radical (unpaired) electrons. The molecule has 0 aliphatic heterocycles. The summed E-state index contributed by atoms with van der Waals surface area (Å²) in [5.41, 5.74) is 6.59. The van der Waals surface area contributed by atoms with E-state index in [0.717, 1.165) is 25.7 Å². The lowest BCUT2D eigenvalue weighted by Gasteiger charge is -2.17. The van der Waals surface area contributed by atoms with Gasteiger partial charge in [0.1, 0.15) is 0 Å². The molecule has 2 aromatic rings. The number of hydrogen-bond donors (Lipinski definition) is 2. The van der Waals surface area contributed by atoms with Gasteiger partial charge in [-0.15, -0.1) is 12.4 Å². The fourth-order valence-corrected chi connectivity index (χ4v) is 3.20. The van der Waals surface area contributed by atoms with E-state index in [-0.39, 0.29) is 31.0 Å². The standard InChI is InChI=1S/C19H26N4O4.ClH/c1-12(2)21-16(24)11-26-14-7-6-13(10-15(14)25-3)17-22-18(23-27-17)19(20)8-4-5-9-19;/h6-7,10,12H,4-5,8-9,11,20H2,1-3H3,(H,21,24);1H. The van der Waals surface area contributed by atoms with Gasteiger partial charge < -0.3 is 25.0 Å². The Labute approximate surface area is 170 Å². The highest BCUT2D eigenvalue weighted by Gasteiger charge is 2.36. The molecule has 1 amide bonds. The number of halogens is 1. The van der Waals surface area contributed by atoms with E-state index in [2.05, 4.69) is 15.5 Å².